The highest BCUT2D eigenvalue weighted by molar-refractivity contribution is 4.86. The highest BCUT2D eigenvalue weighted by atomic mass is 16.6. The molecule has 0 aromatic carbocycles. The molecule has 1 saturated heterocycles. The molecule has 1 aliphatic rings. The molecule has 0 spiro atoms. The minimum atomic E-state index is -0.170. The van der Waals surface area contributed by atoms with Crippen molar-refractivity contribution in [2.24, 2.45) is 5.90 Å². The van der Waals surface area contributed by atoms with Crippen molar-refractivity contribution in [1.82, 2.24) is 4.90 Å². The monoisotopic (exact) mass is 158 g/mol. The molecular weight excluding hydrogens is 144 g/mol. The van der Waals surface area contributed by atoms with Gasteiger partial charge in [-0.2, -0.15) is 5.90 Å². The van der Waals surface area contributed by atoms with E-state index in [0.29, 0.717) is 5.88 Å². The minimum absolute atomic E-state index is 0.170. The lowest BCUT2D eigenvalue weighted by Crippen LogP contribution is -2.36. The van der Waals surface area contributed by atoms with Crippen LogP contribution in [0.4, 0.5) is 0 Å². The summed E-state index contributed by atoms with van der Waals surface area (Å²) in [6.45, 7) is 5.17. The number of rotatable bonds is 2. The van der Waals surface area contributed by atoms with Crippen molar-refractivity contribution in [3.8, 4) is 0 Å². The first kappa shape index (κ1) is 8.36. The molecule has 0 aliphatic carbocycles. The summed E-state index contributed by atoms with van der Waals surface area (Å²) in [5.41, 5.74) is 0. The summed E-state index contributed by atoms with van der Waals surface area (Å²) in [7, 11) is 0. The van der Waals surface area contributed by atoms with E-state index in [1.54, 1.807) is 0 Å². The molecule has 64 valence electrons. The van der Waals surface area contributed by atoms with Crippen molar-refractivity contribution in [3.63, 3.8) is 0 Å². The molecule has 4 heteroatoms. The van der Waals surface area contributed by atoms with Gasteiger partial charge in [0.25, 0.3) is 0 Å². The lowest BCUT2D eigenvalue weighted by molar-refractivity contribution is 0.0511. The van der Waals surface area contributed by atoms with E-state index >= 15 is 0 Å². The first-order valence-electron chi connectivity index (χ1n) is 3.72. The Balaban J connectivity index is 2.33. The lowest BCUT2D eigenvalue weighted by Gasteiger charge is -2.30. The van der Waals surface area contributed by atoms with Gasteiger partial charge >= 0.3 is 0 Å². The zero-order valence-electron chi connectivity index (χ0n) is 6.49. The molecule has 4 nitrogen and oxygen atoms in total. The topological polar surface area (TPSA) is 58.7 Å². The van der Waals surface area contributed by atoms with E-state index in [2.05, 4.69) is 11.4 Å². The summed E-state index contributed by atoms with van der Waals surface area (Å²) < 4.78 is 0. The van der Waals surface area contributed by atoms with Crippen molar-refractivity contribution in [2.75, 3.05) is 13.1 Å². The van der Waals surface area contributed by atoms with Crippen LogP contribution in [0.25, 0.3) is 0 Å². The Labute approximate surface area is 66.2 Å². The van der Waals surface area contributed by atoms with Crippen molar-refractivity contribution in [1.29, 1.82) is 0 Å². The molecule has 0 aromatic heterocycles. The molecule has 0 bridgehead atoms. The van der Waals surface area contributed by atoms with E-state index in [9.17, 15) is 0 Å². The normalized spacial score (nSPS) is 20.0. The van der Waals surface area contributed by atoms with E-state index in [4.69, 9.17) is 11.0 Å². The Morgan fingerprint density at radius 1 is 1.55 bits per heavy atom. The van der Waals surface area contributed by atoms with Crippen LogP contribution in [0.1, 0.15) is 12.8 Å². The Morgan fingerprint density at radius 2 is 2.09 bits per heavy atom. The highest BCUT2D eigenvalue weighted by Gasteiger charge is 2.17. The lowest BCUT2D eigenvalue weighted by atomic mass is 10.1. The highest BCUT2D eigenvalue weighted by Crippen LogP contribution is 2.13. The molecule has 1 heterocycles. The molecule has 3 N–H and O–H groups in total. The summed E-state index contributed by atoms with van der Waals surface area (Å²) in [5, 5.41) is 9.15. The Hall–Kier alpha value is -0.740. The Kier molecular flexibility index (Phi) is 2.73. The third-order valence-electron chi connectivity index (χ3n) is 1.95. The van der Waals surface area contributed by atoms with Crippen LogP contribution in [0, 0.1) is 0 Å². The van der Waals surface area contributed by atoms with Gasteiger partial charge in [0.1, 0.15) is 0 Å². The second-order valence-electron chi connectivity index (χ2n) is 2.73. The maximum absolute atomic E-state index is 9.15. The van der Waals surface area contributed by atoms with Gasteiger partial charge in [0, 0.05) is 13.1 Å². The second kappa shape index (κ2) is 3.59. The van der Waals surface area contributed by atoms with Crippen LogP contribution in [0.3, 0.4) is 0 Å². The van der Waals surface area contributed by atoms with Crippen LogP contribution >= 0.6 is 0 Å². The first-order valence-corrected chi connectivity index (χ1v) is 3.72. The van der Waals surface area contributed by atoms with Gasteiger partial charge in [-0.1, -0.05) is 0 Å². The zero-order chi connectivity index (χ0) is 8.27. The molecule has 1 aliphatic heterocycles. The molecule has 1 fully saturated rings. The van der Waals surface area contributed by atoms with Gasteiger partial charge in [-0.3, -0.25) is 0 Å². The second-order valence-corrected chi connectivity index (χ2v) is 2.73. The molecule has 0 saturated carbocycles. The van der Waals surface area contributed by atoms with Gasteiger partial charge in [0.05, 0.1) is 6.10 Å². The summed E-state index contributed by atoms with van der Waals surface area (Å²) >= 11 is 0. The first-order chi connectivity index (χ1) is 5.24. The quantitative estimate of drug-likeness (QED) is 0.432. The summed E-state index contributed by atoms with van der Waals surface area (Å²) in [6.07, 6.45) is 1.36. The summed E-state index contributed by atoms with van der Waals surface area (Å²) in [5.74, 6) is 5.42. The van der Waals surface area contributed by atoms with Gasteiger partial charge in [-0.15, -0.1) is 0 Å². The molecule has 0 unspecified atom stereocenters. The fourth-order valence-electron chi connectivity index (χ4n) is 1.19. The fraction of sp³-hybridized carbons (Fsp3) is 0.714. The summed E-state index contributed by atoms with van der Waals surface area (Å²) in [4.78, 5) is 6.40. The number of likely N-dealkylation sites (tertiary alicyclic amines) is 1. The molecule has 1 rings (SSSR count). The smallest absolute Gasteiger partial charge is 0.206 e. The predicted molar refractivity (Wildman–Crippen MR) is 41.2 cm³/mol. The van der Waals surface area contributed by atoms with E-state index < -0.39 is 0 Å². The predicted octanol–water partition coefficient (Wildman–Crippen LogP) is -0.195. The van der Waals surface area contributed by atoms with Crippen LogP contribution in [-0.4, -0.2) is 29.2 Å². The van der Waals surface area contributed by atoms with Crippen LogP contribution in [-0.2, 0) is 4.84 Å². The van der Waals surface area contributed by atoms with Crippen LogP contribution in [0.15, 0.2) is 12.5 Å². The number of aliphatic hydroxyl groups is 1. The van der Waals surface area contributed by atoms with Gasteiger partial charge in [-0.25, -0.2) is 0 Å². The number of nitrogens with two attached hydrogens (primary N) is 1. The number of hydrogen-bond donors (Lipinski definition) is 2. The number of piperidine rings is 1. The van der Waals surface area contributed by atoms with E-state index in [1.165, 1.54) is 0 Å². The van der Waals surface area contributed by atoms with Crippen LogP contribution in [0.2, 0.25) is 0 Å². The van der Waals surface area contributed by atoms with Crippen molar-refractivity contribution in [2.45, 2.75) is 18.9 Å². The average Bonchev–Trinajstić information content (AvgIpc) is 2.05. The van der Waals surface area contributed by atoms with Gasteiger partial charge < -0.3 is 14.8 Å². The minimum Gasteiger partial charge on any atom is -0.394 e. The Bertz CT molecular complexity index is 141. The third-order valence-corrected chi connectivity index (χ3v) is 1.95. The standard InChI is InChI=1S/C7H14N2O2/c1-6(11-8)9-4-2-7(10)3-5-9/h7,10H,1-5,8H2. The molecular formula is C7H14N2O2. The molecule has 11 heavy (non-hydrogen) atoms. The third kappa shape index (κ3) is 2.10. The number of hydrogen-bond acceptors (Lipinski definition) is 4. The van der Waals surface area contributed by atoms with E-state index in [0.717, 1.165) is 25.9 Å². The van der Waals surface area contributed by atoms with Gasteiger partial charge in [0.15, 0.2) is 0 Å². The average molecular weight is 158 g/mol. The SMILES string of the molecule is C=C(ON)N1CCC(O)CC1. The van der Waals surface area contributed by atoms with Crippen molar-refractivity contribution in [3.05, 3.63) is 12.5 Å². The maximum Gasteiger partial charge on any atom is 0.206 e. The molecule has 0 radical (unpaired) electrons. The van der Waals surface area contributed by atoms with Crippen LogP contribution in [0.5, 0.6) is 0 Å². The van der Waals surface area contributed by atoms with E-state index in [-0.39, 0.29) is 6.10 Å². The fourth-order valence-corrected chi connectivity index (χ4v) is 1.19. The largest absolute Gasteiger partial charge is 0.394 e. The van der Waals surface area contributed by atoms with Crippen molar-refractivity contribution < 1.29 is 9.94 Å². The van der Waals surface area contributed by atoms with Gasteiger partial charge in [-0.05, 0) is 19.4 Å². The van der Waals surface area contributed by atoms with Crippen LogP contribution < -0.4 is 5.90 Å². The van der Waals surface area contributed by atoms with E-state index in [1.807, 2.05) is 4.90 Å². The summed E-state index contributed by atoms with van der Waals surface area (Å²) in [6, 6.07) is 0. The van der Waals surface area contributed by atoms with Gasteiger partial charge in [0.2, 0.25) is 5.88 Å². The number of nitrogens with zero attached hydrogens (tertiary/aromatic N) is 1. The van der Waals surface area contributed by atoms with Crippen molar-refractivity contribution >= 4 is 0 Å². The Morgan fingerprint density at radius 3 is 2.55 bits per heavy atom. The molecule has 0 amide bonds. The molecule has 0 atom stereocenters. The zero-order valence-corrected chi connectivity index (χ0v) is 6.49. The maximum atomic E-state index is 9.15. The number of aliphatic hydroxyl groups excluding tert-OH is 1. The molecule has 0 aromatic rings.